The maximum atomic E-state index is 11.8. The van der Waals surface area contributed by atoms with Gasteiger partial charge < -0.3 is 9.84 Å². The van der Waals surface area contributed by atoms with E-state index in [9.17, 15) is 9.90 Å². The monoisotopic (exact) mass is 410 g/mol. The molecule has 2 rings (SSSR count). The molecule has 2 N–H and O–H groups in total. The van der Waals surface area contributed by atoms with Gasteiger partial charge >= 0.3 is 0 Å². The molecule has 0 saturated heterocycles. The van der Waals surface area contributed by atoms with Crippen molar-refractivity contribution in [3.05, 3.63) is 56.5 Å². The Labute approximate surface area is 153 Å². The van der Waals surface area contributed by atoms with Gasteiger partial charge in [-0.05, 0) is 64.7 Å². The largest absolute Gasteiger partial charge is 0.508 e. The molecule has 2 aromatic rings. The first-order chi connectivity index (χ1) is 11.4. The predicted molar refractivity (Wildman–Crippen MR) is 98.0 cm³/mol. The number of phenols is 1. The van der Waals surface area contributed by atoms with Crippen molar-refractivity contribution in [2.45, 2.75) is 13.8 Å². The SMILES string of the molecule is Cc1cc(OCC(=O)N/N=C/c2cccc(O)c2)c(Br)c(C)c1Cl. The number of benzene rings is 2. The number of hydrogen-bond donors (Lipinski definition) is 2. The van der Waals surface area contributed by atoms with Gasteiger partial charge in [-0.2, -0.15) is 5.10 Å². The summed E-state index contributed by atoms with van der Waals surface area (Å²) in [7, 11) is 0. The van der Waals surface area contributed by atoms with Gasteiger partial charge in [-0.3, -0.25) is 4.79 Å². The average Bonchev–Trinajstić information content (AvgIpc) is 2.55. The topological polar surface area (TPSA) is 70.9 Å². The van der Waals surface area contributed by atoms with Crippen LogP contribution in [-0.2, 0) is 4.79 Å². The Morgan fingerprint density at radius 2 is 2.17 bits per heavy atom. The van der Waals surface area contributed by atoms with Crippen LogP contribution in [0.5, 0.6) is 11.5 Å². The second kappa shape index (κ2) is 8.17. The van der Waals surface area contributed by atoms with Crippen LogP contribution >= 0.6 is 27.5 Å². The molecule has 0 fully saturated rings. The molecule has 0 heterocycles. The minimum Gasteiger partial charge on any atom is -0.508 e. The molecule has 0 aliphatic rings. The van der Waals surface area contributed by atoms with Crippen molar-refractivity contribution >= 4 is 39.7 Å². The Morgan fingerprint density at radius 1 is 1.42 bits per heavy atom. The lowest BCUT2D eigenvalue weighted by molar-refractivity contribution is -0.123. The van der Waals surface area contributed by atoms with Gasteiger partial charge in [-0.25, -0.2) is 5.43 Å². The molecular weight excluding hydrogens is 396 g/mol. The third kappa shape index (κ3) is 4.72. The van der Waals surface area contributed by atoms with Crippen LogP contribution in [0.25, 0.3) is 0 Å². The van der Waals surface area contributed by atoms with Crippen LogP contribution < -0.4 is 10.2 Å². The van der Waals surface area contributed by atoms with Crippen LogP contribution in [0.2, 0.25) is 5.02 Å². The van der Waals surface area contributed by atoms with Gasteiger partial charge in [0.25, 0.3) is 5.91 Å². The molecule has 0 radical (unpaired) electrons. The first-order valence-electron chi connectivity index (χ1n) is 7.07. The number of aryl methyl sites for hydroxylation is 1. The summed E-state index contributed by atoms with van der Waals surface area (Å²) in [5, 5.41) is 13.8. The van der Waals surface area contributed by atoms with E-state index in [-0.39, 0.29) is 12.4 Å². The van der Waals surface area contributed by atoms with Gasteiger partial charge in [-0.1, -0.05) is 23.7 Å². The third-order valence-electron chi connectivity index (χ3n) is 3.20. The fraction of sp³-hybridized carbons (Fsp3) is 0.176. The fourth-order valence-corrected chi connectivity index (χ4v) is 2.66. The summed E-state index contributed by atoms with van der Waals surface area (Å²) >= 11 is 9.56. The zero-order valence-electron chi connectivity index (χ0n) is 13.1. The van der Waals surface area contributed by atoms with E-state index in [1.165, 1.54) is 12.3 Å². The van der Waals surface area contributed by atoms with Crippen LogP contribution in [0.3, 0.4) is 0 Å². The molecule has 7 heteroatoms. The van der Waals surface area contributed by atoms with Crippen molar-refractivity contribution in [2.24, 2.45) is 5.10 Å². The number of hydrogen-bond acceptors (Lipinski definition) is 4. The van der Waals surface area contributed by atoms with Crippen LogP contribution in [0.1, 0.15) is 16.7 Å². The van der Waals surface area contributed by atoms with E-state index < -0.39 is 5.91 Å². The van der Waals surface area contributed by atoms with E-state index in [0.717, 1.165) is 11.1 Å². The summed E-state index contributed by atoms with van der Waals surface area (Å²) in [5.41, 5.74) is 4.76. The highest BCUT2D eigenvalue weighted by atomic mass is 79.9. The number of nitrogens with one attached hydrogen (secondary N) is 1. The second-order valence-electron chi connectivity index (χ2n) is 5.12. The maximum Gasteiger partial charge on any atom is 0.277 e. The number of aromatic hydroxyl groups is 1. The quantitative estimate of drug-likeness (QED) is 0.578. The number of halogens is 2. The second-order valence-corrected chi connectivity index (χ2v) is 6.29. The molecule has 0 bridgehead atoms. The van der Waals surface area contributed by atoms with E-state index in [1.807, 2.05) is 13.8 Å². The molecule has 0 atom stereocenters. The highest BCUT2D eigenvalue weighted by Gasteiger charge is 2.12. The molecule has 5 nitrogen and oxygen atoms in total. The minimum atomic E-state index is -0.399. The number of nitrogens with zero attached hydrogens (tertiary/aromatic N) is 1. The van der Waals surface area contributed by atoms with Gasteiger partial charge in [-0.15, -0.1) is 0 Å². The summed E-state index contributed by atoms with van der Waals surface area (Å²) in [5.74, 6) is 0.275. The van der Waals surface area contributed by atoms with Crippen molar-refractivity contribution < 1.29 is 14.6 Å². The van der Waals surface area contributed by atoms with E-state index >= 15 is 0 Å². The Bertz CT molecular complexity index is 794. The van der Waals surface area contributed by atoms with Crippen molar-refractivity contribution in [1.82, 2.24) is 5.43 Å². The highest BCUT2D eigenvalue weighted by molar-refractivity contribution is 9.10. The summed E-state index contributed by atoms with van der Waals surface area (Å²) in [4.78, 5) is 11.8. The zero-order chi connectivity index (χ0) is 17.7. The predicted octanol–water partition coefficient (Wildman–Crippen LogP) is 3.95. The van der Waals surface area contributed by atoms with E-state index in [1.54, 1.807) is 24.3 Å². The summed E-state index contributed by atoms with van der Waals surface area (Å²) in [6.45, 7) is 3.55. The molecule has 0 aliphatic carbocycles. The summed E-state index contributed by atoms with van der Waals surface area (Å²) in [6.07, 6.45) is 1.43. The highest BCUT2D eigenvalue weighted by Crippen LogP contribution is 2.35. The molecular formula is C17H16BrClN2O3. The lowest BCUT2D eigenvalue weighted by atomic mass is 10.1. The van der Waals surface area contributed by atoms with E-state index in [0.29, 0.717) is 20.8 Å². The number of phenolic OH excluding ortho intramolecular Hbond substituents is 1. The van der Waals surface area contributed by atoms with Crippen LogP contribution in [0.15, 0.2) is 39.9 Å². The number of amides is 1. The number of carbonyl (C=O) groups excluding carboxylic acids is 1. The maximum absolute atomic E-state index is 11.8. The van der Waals surface area contributed by atoms with Gasteiger partial charge in [0, 0.05) is 5.02 Å². The lowest BCUT2D eigenvalue weighted by Crippen LogP contribution is -2.24. The van der Waals surface area contributed by atoms with Crippen LogP contribution in [0, 0.1) is 13.8 Å². The molecule has 0 spiro atoms. The molecule has 24 heavy (non-hydrogen) atoms. The molecule has 0 aliphatic heterocycles. The zero-order valence-corrected chi connectivity index (χ0v) is 15.5. The molecule has 0 unspecified atom stereocenters. The molecule has 1 amide bonds. The van der Waals surface area contributed by atoms with Crippen molar-refractivity contribution in [3.8, 4) is 11.5 Å². The Morgan fingerprint density at radius 3 is 2.88 bits per heavy atom. The smallest absolute Gasteiger partial charge is 0.277 e. The number of carbonyl (C=O) groups is 1. The third-order valence-corrected chi connectivity index (χ3v) is 4.77. The lowest BCUT2D eigenvalue weighted by Gasteiger charge is -2.12. The van der Waals surface area contributed by atoms with Gasteiger partial charge in [0.1, 0.15) is 11.5 Å². The average molecular weight is 412 g/mol. The van der Waals surface area contributed by atoms with E-state index in [2.05, 4.69) is 26.5 Å². The Hall–Kier alpha value is -2.05. The standard InChI is InChI=1S/C17H16BrClN2O3/c1-10-6-14(16(18)11(2)17(10)19)24-9-15(23)21-20-8-12-4-3-5-13(22)7-12/h3-8,22H,9H2,1-2H3,(H,21,23)/b20-8+. The molecule has 0 aromatic heterocycles. The van der Waals surface area contributed by atoms with Gasteiger partial charge in [0.2, 0.25) is 0 Å². The normalized spacial score (nSPS) is 10.8. The Kier molecular flexibility index (Phi) is 6.23. The molecule has 0 saturated carbocycles. The first kappa shape index (κ1) is 18.3. The fourth-order valence-electron chi connectivity index (χ4n) is 1.96. The molecule has 126 valence electrons. The Balaban J connectivity index is 1.92. The summed E-state index contributed by atoms with van der Waals surface area (Å²) < 4.78 is 6.22. The number of rotatable bonds is 5. The first-order valence-corrected chi connectivity index (χ1v) is 8.24. The van der Waals surface area contributed by atoms with Crippen LogP contribution in [-0.4, -0.2) is 23.8 Å². The number of hydrazone groups is 1. The molecule has 2 aromatic carbocycles. The van der Waals surface area contributed by atoms with Gasteiger partial charge in [0.15, 0.2) is 6.61 Å². The van der Waals surface area contributed by atoms with Crippen LogP contribution in [0.4, 0.5) is 0 Å². The van der Waals surface area contributed by atoms with Crippen molar-refractivity contribution in [3.63, 3.8) is 0 Å². The van der Waals surface area contributed by atoms with Crippen molar-refractivity contribution in [2.75, 3.05) is 6.61 Å². The van der Waals surface area contributed by atoms with Crippen molar-refractivity contribution in [1.29, 1.82) is 0 Å². The summed E-state index contributed by atoms with van der Waals surface area (Å²) in [6, 6.07) is 8.29. The van der Waals surface area contributed by atoms with Gasteiger partial charge in [0.05, 0.1) is 10.7 Å². The minimum absolute atomic E-state index is 0.131. The number of ether oxygens (including phenoxy) is 1. The van der Waals surface area contributed by atoms with E-state index in [4.69, 9.17) is 16.3 Å².